The summed E-state index contributed by atoms with van der Waals surface area (Å²) in [5.74, 6) is 0.225. The number of hydrogen-bond acceptors (Lipinski definition) is 5. The van der Waals surface area contributed by atoms with Crippen molar-refractivity contribution in [2.45, 2.75) is 12.7 Å². The van der Waals surface area contributed by atoms with E-state index in [9.17, 15) is 13.2 Å². The highest BCUT2D eigenvalue weighted by molar-refractivity contribution is 7.88. The molecule has 1 aliphatic heterocycles. The summed E-state index contributed by atoms with van der Waals surface area (Å²) in [7, 11) is -3.39. The molecule has 7 nitrogen and oxygen atoms in total. The van der Waals surface area contributed by atoms with E-state index in [1.165, 1.54) is 4.31 Å². The molecule has 0 bridgehead atoms. The Bertz CT molecular complexity index is 906. The summed E-state index contributed by atoms with van der Waals surface area (Å²) >= 11 is 0. The Balaban J connectivity index is 1.66. The van der Waals surface area contributed by atoms with E-state index in [4.69, 9.17) is 9.47 Å². The number of amides is 1. The summed E-state index contributed by atoms with van der Waals surface area (Å²) in [4.78, 5) is 12.5. The number of ether oxygens (including phenoxy) is 2. The van der Waals surface area contributed by atoms with Gasteiger partial charge in [-0.05, 0) is 36.8 Å². The molecule has 0 unspecified atom stereocenters. The van der Waals surface area contributed by atoms with E-state index in [0.717, 1.165) is 0 Å². The van der Waals surface area contributed by atoms with Crippen LogP contribution >= 0.6 is 0 Å². The second-order valence-electron chi connectivity index (χ2n) is 6.35. The summed E-state index contributed by atoms with van der Waals surface area (Å²) in [5, 5.41) is 2.83. The van der Waals surface area contributed by atoms with Crippen molar-refractivity contribution in [2.75, 3.05) is 38.2 Å². The van der Waals surface area contributed by atoms with E-state index in [1.54, 1.807) is 36.4 Å². The maximum absolute atomic E-state index is 12.5. The number of carbonyl (C=O) groups excluding carboxylic acids is 1. The van der Waals surface area contributed by atoms with Gasteiger partial charge < -0.3 is 14.8 Å². The lowest BCUT2D eigenvalue weighted by Gasteiger charge is -2.26. The first-order chi connectivity index (χ1) is 13.5. The normalized spacial score (nSPS) is 15.2. The molecule has 28 heavy (non-hydrogen) atoms. The molecule has 2 aromatic carbocycles. The first kappa shape index (κ1) is 20.3. The van der Waals surface area contributed by atoms with Gasteiger partial charge in [0.1, 0.15) is 5.75 Å². The van der Waals surface area contributed by atoms with Gasteiger partial charge >= 0.3 is 0 Å². The molecule has 8 heteroatoms. The highest BCUT2D eigenvalue weighted by Crippen LogP contribution is 2.24. The molecule has 1 amide bonds. The smallest absolute Gasteiger partial charge is 0.255 e. The minimum Gasteiger partial charge on any atom is -0.492 e. The van der Waals surface area contributed by atoms with Gasteiger partial charge in [-0.25, -0.2) is 8.42 Å². The van der Waals surface area contributed by atoms with Gasteiger partial charge in [-0.3, -0.25) is 4.79 Å². The molecule has 0 saturated carbocycles. The van der Waals surface area contributed by atoms with Crippen LogP contribution in [0.5, 0.6) is 5.75 Å². The van der Waals surface area contributed by atoms with Crippen LogP contribution in [0.3, 0.4) is 0 Å². The molecular weight excluding hydrogens is 380 g/mol. The Labute approximate surface area is 165 Å². The molecule has 0 aromatic heterocycles. The first-order valence-corrected chi connectivity index (χ1v) is 10.8. The average Bonchev–Trinajstić information content (AvgIpc) is 2.70. The van der Waals surface area contributed by atoms with Gasteiger partial charge in [0.15, 0.2) is 0 Å². The minimum absolute atomic E-state index is 0.0952. The average molecular weight is 404 g/mol. The molecule has 0 radical (unpaired) electrons. The number of para-hydroxylation sites is 2. The Morgan fingerprint density at radius 3 is 2.46 bits per heavy atom. The molecule has 1 heterocycles. The number of hydrogen-bond donors (Lipinski definition) is 1. The molecule has 2 aromatic rings. The van der Waals surface area contributed by atoms with Crippen molar-refractivity contribution in [3.63, 3.8) is 0 Å². The zero-order valence-electron chi connectivity index (χ0n) is 15.8. The quantitative estimate of drug-likeness (QED) is 0.766. The van der Waals surface area contributed by atoms with E-state index in [2.05, 4.69) is 5.32 Å². The second-order valence-corrected chi connectivity index (χ2v) is 8.32. The summed E-state index contributed by atoms with van der Waals surface area (Å²) in [6, 6.07) is 13.8. The van der Waals surface area contributed by atoms with E-state index < -0.39 is 10.0 Å². The lowest BCUT2D eigenvalue weighted by atomic mass is 10.1. The summed E-state index contributed by atoms with van der Waals surface area (Å²) in [6.07, 6.45) is 0. The maximum Gasteiger partial charge on any atom is 0.255 e. The SMILES string of the molecule is CCOc1ccccc1NC(=O)c1ccc(CS(=O)(=O)N2CCOCC2)cc1. The number of anilines is 1. The van der Waals surface area contributed by atoms with Gasteiger partial charge in [-0.2, -0.15) is 4.31 Å². The van der Waals surface area contributed by atoms with Crippen LogP contribution in [0.2, 0.25) is 0 Å². The zero-order valence-corrected chi connectivity index (χ0v) is 16.6. The maximum atomic E-state index is 12.5. The molecule has 1 N–H and O–H groups in total. The minimum atomic E-state index is -3.39. The van der Waals surface area contributed by atoms with Crippen LogP contribution in [0.4, 0.5) is 5.69 Å². The van der Waals surface area contributed by atoms with Crippen molar-refractivity contribution in [1.29, 1.82) is 0 Å². The molecular formula is C20H24N2O5S. The lowest BCUT2D eigenvalue weighted by molar-refractivity contribution is 0.0729. The van der Waals surface area contributed by atoms with Crippen molar-refractivity contribution in [1.82, 2.24) is 4.31 Å². The molecule has 0 aliphatic carbocycles. The Morgan fingerprint density at radius 2 is 1.79 bits per heavy atom. The van der Waals surface area contributed by atoms with Crippen LogP contribution in [0.1, 0.15) is 22.8 Å². The second kappa shape index (κ2) is 9.18. The van der Waals surface area contributed by atoms with Gasteiger partial charge in [0, 0.05) is 18.7 Å². The van der Waals surface area contributed by atoms with E-state index in [0.29, 0.717) is 55.5 Å². The fraction of sp³-hybridized carbons (Fsp3) is 0.350. The third kappa shape index (κ3) is 5.09. The fourth-order valence-electron chi connectivity index (χ4n) is 2.92. The van der Waals surface area contributed by atoms with Gasteiger partial charge in [-0.15, -0.1) is 0 Å². The number of sulfonamides is 1. The number of benzene rings is 2. The van der Waals surface area contributed by atoms with Crippen molar-refractivity contribution >= 4 is 21.6 Å². The molecule has 0 spiro atoms. The van der Waals surface area contributed by atoms with Gasteiger partial charge in [0.2, 0.25) is 10.0 Å². The summed E-state index contributed by atoms with van der Waals surface area (Å²) < 4.78 is 37.1. The van der Waals surface area contributed by atoms with E-state index >= 15 is 0 Å². The number of morpholine rings is 1. The Morgan fingerprint density at radius 1 is 1.11 bits per heavy atom. The van der Waals surface area contributed by atoms with Crippen LogP contribution in [-0.2, 0) is 20.5 Å². The molecule has 150 valence electrons. The van der Waals surface area contributed by atoms with Crippen LogP contribution in [0, 0.1) is 0 Å². The highest BCUT2D eigenvalue weighted by atomic mass is 32.2. The highest BCUT2D eigenvalue weighted by Gasteiger charge is 2.24. The van der Waals surface area contributed by atoms with Crippen molar-refractivity contribution in [3.05, 3.63) is 59.7 Å². The fourth-order valence-corrected chi connectivity index (χ4v) is 4.43. The Kier molecular flexibility index (Phi) is 6.66. The molecule has 1 fully saturated rings. The van der Waals surface area contributed by atoms with Crippen LogP contribution in [-0.4, -0.2) is 51.5 Å². The number of nitrogens with one attached hydrogen (secondary N) is 1. The van der Waals surface area contributed by atoms with Crippen molar-refractivity contribution < 1.29 is 22.7 Å². The summed E-state index contributed by atoms with van der Waals surface area (Å²) in [6.45, 7) is 3.97. The van der Waals surface area contributed by atoms with Crippen molar-refractivity contribution in [2.24, 2.45) is 0 Å². The van der Waals surface area contributed by atoms with Gasteiger partial charge in [-0.1, -0.05) is 24.3 Å². The molecule has 1 saturated heterocycles. The summed E-state index contributed by atoms with van der Waals surface area (Å²) in [5.41, 5.74) is 1.67. The topological polar surface area (TPSA) is 84.9 Å². The van der Waals surface area contributed by atoms with E-state index in [-0.39, 0.29) is 11.7 Å². The van der Waals surface area contributed by atoms with Crippen LogP contribution in [0.15, 0.2) is 48.5 Å². The first-order valence-electron chi connectivity index (χ1n) is 9.17. The molecule has 3 rings (SSSR count). The predicted octanol–water partition coefficient (Wildman–Crippen LogP) is 2.50. The lowest BCUT2D eigenvalue weighted by Crippen LogP contribution is -2.41. The van der Waals surface area contributed by atoms with Gasteiger partial charge in [0.05, 0.1) is 31.3 Å². The Hall–Kier alpha value is -2.42. The van der Waals surface area contributed by atoms with Crippen LogP contribution < -0.4 is 10.1 Å². The third-order valence-corrected chi connectivity index (χ3v) is 6.21. The number of nitrogens with zero attached hydrogens (tertiary/aromatic N) is 1. The third-order valence-electron chi connectivity index (χ3n) is 4.36. The predicted molar refractivity (Wildman–Crippen MR) is 107 cm³/mol. The monoisotopic (exact) mass is 404 g/mol. The molecule has 0 atom stereocenters. The van der Waals surface area contributed by atoms with E-state index in [1.807, 2.05) is 19.1 Å². The van der Waals surface area contributed by atoms with Crippen LogP contribution in [0.25, 0.3) is 0 Å². The number of carbonyl (C=O) groups is 1. The van der Waals surface area contributed by atoms with Gasteiger partial charge in [0.25, 0.3) is 5.91 Å². The zero-order chi connectivity index (χ0) is 20.0. The molecule has 1 aliphatic rings. The largest absolute Gasteiger partial charge is 0.492 e. The van der Waals surface area contributed by atoms with Crippen molar-refractivity contribution in [3.8, 4) is 5.75 Å². The standard InChI is InChI=1S/C20H24N2O5S/c1-2-27-19-6-4-3-5-18(19)21-20(23)17-9-7-16(8-10-17)15-28(24,25)22-11-13-26-14-12-22/h3-10H,2,11-15H2,1H3,(H,21,23). The number of rotatable bonds is 7.